The van der Waals surface area contributed by atoms with E-state index in [0.29, 0.717) is 51.4 Å². The maximum absolute atomic E-state index is 12.4. The number of ether oxygens (including phenoxy) is 1. The van der Waals surface area contributed by atoms with Crippen molar-refractivity contribution in [2.45, 2.75) is 45.6 Å². The number of benzene rings is 1. The van der Waals surface area contributed by atoms with Crippen molar-refractivity contribution in [2.75, 3.05) is 64.1 Å². The van der Waals surface area contributed by atoms with Crippen LogP contribution in [0, 0.1) is 5.92 Å². The quantitative estimate of drug-likeness (QED) is 0.588. The maximum atomic E-state index is 12.4. The van der Waals surface area contributed by atoms with Crippen LogP contribution in [0.3, 0.4) is 0 Å². The van der Waals surface area contributed by atoms with Crippen LogP contribution in [-0.4, -0.2) is 93.3 Å². The first-order chi connectivity index (χ1) is 15.8. The lowest BCUT2D eigenvalue weighted by Gasteiger charge is -2.36. The lowest BCUT2D eigenvalue weighted by atomic mass is 9.96. The summed E-state index contributed by atoms with van der Waals surface area (Å²) in [5.74, 6) is 0.537. The van der Waals surface area contributed by atoms with Gasteiger partial charge in [0.15, 0.2) is 0 Å². The van der Waals surface area contributed by atoms with Crippen molar-refractivity contribution in [1.29, 1.82) is 0 Å². The number of nitrogens with one attached hydrogen (secondary N) is 1. The van der Waals surface area contributed by atoms with Crippen LogP contribution < -0.4 is 5.32 Å². The monoisotopic (exact) mass is 480 g/mol. The van der Waals surface area contributed by atoms with E-state index in [1.807, 2.05) is 12.1 Å². The molecular weight excluding hydrogens is 440 g/mol. The minimum atomic E-state index is -3.08. The van der Waals surface area contributed by atoms with Gasteiger partial charge in [0.05, 0.1) is 19.5 Å². The molecule has 9 heteroatoms. The molecule has 33 heavy (non-hydrogen) atoms. The van der Waals surface area contributed by atoms with Crippen LogP contribution in [0.15, 0.2) is 24.3 Å². The second kappa shape index (κ2) is 12.1. The Hall–Kier alpha value is -1.68. The molecule has 0 radical (unpaired) electrons. The molecule has 2 saturated heterocycles. The Balaban J connectivity index is 1.50. The van der Waals surface area contributed by atoms with Crippen LogP contribution in [0.2, 0.25) is 0 Å². The van der Waals surface area contributed by atoms with Crippen molar-refractivity contribution in [3.05, 3.63) is 29.8 Å². The number of nitrogens with zero attached hydrogens (tertiary/aromatic N) is 3. The third-order valence-corrected chi connectivity index (χ3v) is 8.01. The van der Waals surface area contributed by atoms with E-state index in [9.17, 15) is 13.2 Å². The van der Waals surface area contributed by atoms with Crippen molar-refractivity contribution < 1.29 is 17.9 Å². The molecule has 0 bridgehead atoms. The predicted molar refractivity (Wildman–Crippen MR) is 132 cm³/mol. The zero-order chi connectivity index (χ0) is 23.8. The third kappa shape index (κ3) is 7.95. The van der Waals surface area contributed by atoms with Gasteiger partial charge >= 0.3 is 6.03 Å². The van der Waals surface area contributed by atoms with E-state index < -0.39 is 10.0 Å². The summed E-state index contributed by atoms with van der Waals surface area (Å²) < 4.78 is 30.5. The number of urea groups is 1. The number of sulfonamides is 1. The molecule has 1 aromatic carbocycles. The first kappa shape index (κ1) is 25.9. The molecule has 2 aliphatic heterocycles. The number of hydrogen-bond donors (Lipinski definition) is 1. The molecule has 1 N–H and O–H groups in total. The Bertz CT molecular complexity index is 848. The molecular formula is C24H40N4O4S. The summed E-state index contributed by atoms with van der Waals surface area (Å²) in [5.41, 5.74) is 2.06. The van der Waals surface area contributed by atoms with Gasteiger partial charge < -0.3 is 19.9 Å². The Labute approximate surface area is 199 Å². The summed E-state index contributed by atoms with van der Waals surface area (Å²) >= 11 is 0. The molecule has 1 aromatic rings. The number of piperidine rings is 1. The lowest BCUT2D eigenvalue weighted by Crippen LogP contribution is -2.44. The number of morpholine rings is 1. The van der Waals surface area contributed by atoms with Gasteiger partial charge in [0.2, 0.25) is 10.0 Å². The predicted octanol–water partition coefficient (Wildman–Crippen LogP) is 2.87. The molecule has 2 fully saturated rings. The Morgan fingerprint density at radius 1 is 1.15 bits per heavy atom. The van der Waals surface area contributed by atoms with Gasteiger partial charge in [-0.2, -0.15) is 0 Å². The van der Waals surface area contributed by atoms with Gasteiger partial charge in [-0.3, -0.25) is 0 Å². The lowest BCUT2D eigenvalue weighted by molar-refractivity contribution is 0.0564. The molecule has 0 spiro atoms. The van der Waals surface area contributed by atoms with Crippen LogP contribution >= 0.6 is 0 Å². The average Bonchev–Trinajstić information content (AvgIpc) is 2.80. The van der Waals surface area contributed by atoms with E-state index in [4.69, 9.17) is 4.74 Å². The van der Waals surface area contributed by atoms with Gasteiger partial charge in [-0.05, 0) is 62.8 Å². The minimum Gasteiger partial charge on any atom is -0.378 e. The highest BCUT2D eigenvalue weighted by Crippen LogP contribution is 2.22. The van der Waals surface area contributed by atoms with Gasteiger partial charge in [0.1, 0.15) is 0 Å². The molecule has 0 aliphatic carbocycles. The SMILES string of the molecule is CCCN(CC1CCN(S(C)(=O)=O)CC1)C(C)Cc1ccc(NC(=O)N2CCOCC2)cc1. The highest BCUT2D eigenvalue weighted by molar-refractivity contribution is 7.88. The summed E-state index contributed by atoms with van der Waals surface area (Å²) in [6.45, 7) is 10.2. The van der Waals surface area contributed by atoms with E-state index in [1.165, 1.54) is 11.8 Å². The summed E-state index contributed by atoms with van der Waals surface area (Å²) in [6.07, 6.45) is 5.20. The third-order valence-electron chi connectivity index (χ3n) is 6.70. The molecule has 1 atom stereocenters. The van der Waals surface area contributed by atoms with E-state index in [1.54, 1.807) is 9.21 Å². The Kier molecular flexibility index (Phi) is 9.55. The first-order valence-electron chi connectivity index (χ1n) is 12.2. The number of hydrogen-bond acceptors (Lipinski definition) is 5. The fraction of sp³-hybridized carbons (Fsp3) is 0.708. The minimum absolute atomic E-state index is 0.0736. The van der Waals surface area contributed by atoms with E-state index >= 15 is 0 Å². The maximum Gasteiger partial charge on any atom is 0.321 e. The van der Waals surface area contributed by atoms with Crippen molar-refractivity contribution in [3.8, 4) is 0 Å². The van der Waals surface area contributed by atoms with Crippen molar-refractivity contribution in [3.63, 3.8) is 0 Å². The molecule has 2 heterocycles. The van der Waals surface area contributed by atoms with E-state index in [0.717, 1.165) is 44.5 Å². The Morgan fingerprint density at radius 2 is 1.79 bits per heavy atom. The van der Waals surface area contributed by atoms with E-state index in [2.05, 4.69) is 36.2 Å². The molecule has 2 aliphatic rings. The summed E-state index contributed by atoms with van der Waals surface area (Å²) in [4.78, 5) is 16.7. The molecule has 0 aromatic heterocycles. The van der Waals surface area contributed by atoms with Crippen LogP contribution in [0.4, 0.5) is 10.5 Å². The zero-order valence-corrected chi connectivity index (χ0v) is 21.1. The van der Waals surface area contributed by atoms with Crippen LogP contribution in [-0.2, 0) is 21.2 Å². The number of carbonyl (C=O) groups excluding carboxylic acids is 1. The standard InChI is InChI=1S/C24H40N4O4S/c1-4-11-27(19-22-9-12-28(13-10-22)33(3,30)31)20(2)18-21-5-7-23(8-6-21)25-24(29)26-14-16-32-17-15-26/h5-8,20,22H,4,9-19H2,1-3H3,(H,25,29). The molecule has 8 nitrogen and oxygen atoms in total. The van der Waals surface area contributed by atoms with Crippen molar-refractivity contribution in [1.82, 2.24) is 14.1 Å². The Morgan fingerprint density at radius 3 is 2.36 bits per heavy atom. The molecule has 186 valence electrons. The fourth-order valence-electron chi connectivity index (χ4n) is 4.70. The van der Waals surface area contributed by atoms with Crippen LogP contribution in [0.25, 0.3) is 0 Å². The van der Waals surface area contributed by atoms with Crippen molar-refractivity contribution in [2.24, 2.45) is 5.92 Å². The second-order valence-corrected chi connectivity index (χ2v) is 11.4. The van der Waals surface area contributed by atoms with Crippen LogP contribution in [0.5, 0.6) is 0 Å². The molecule has 0 saturated carbocycles. The highest BCUT2D eigenvalue weighted by atomic mass is 32.2. The molecule has 2 amide bonds. The largest absolute Gasteiger partial charge is 0.378 e. The summed E-state index contributed by atoms with van der Waals surface area (Å²) in [5, 5.41) is 2.98. The summed E-state index contributed by atoms with van der Waals surface area (Å²) in [6, 6.07) is 8.47. The van der Waals surface area contributed by atoms with Gasteiger partial charge in [0.25, 0.3) is 0 Å². The zero-order valence-electron chi connectivity index (χ0n) is 20.3. The topological polar surface area (TPSA) is 82.2 Å². The van der Waals surface area contributed by atoms with Gasteiger partial charge in [-0.15, -0.1) is 0 Å². The molecule has 1 unspecified atom stereocenters. The highest BCUT2D eigenvalue weighted by Gasteiger charge is 2.27. The van der Waals surface area contributed by atoms with Crippen molar-refractivity contribution >= 4 is 21.7 Å². The second-order valence-electron chi connectivity index (χ2n) is 9.38. The van der Waals surface area contributed by atoms with Gasteiger partial charge in [-0.25, -0.2) is 17.5 Å². The van der Waals surface area contributed by atoms with Crippen LogP contribution in [0.1, 0.15) is 38.7 Å². The first-order valence-corrected chi connectivity index (χ1v) is 14.0. The van der Waals surface area contributed by atoms with Gasteiger partial charge in [-0.1, -0.05) is 19.1 Å². The fourth-order valence-corrected chi connectivity index (χ4v) is 5.57. The van der Waals surface area contributed by atoms with Gasteiger partial charge in [0, 0.05) is 44.5 Å². The molecule has 3 rings (SSSR count). The average molecular weight is 481 g/mol. The number of rotatable bonds is 9. The van der Waals surface area contributed by atoms with E-state index in [-0.39, 0.29) is 6.03 Å². The number of anilines is 1. The summed E-state index contributed by atoms with van der Waals surface area (Å²) in [7, 11) is -3.08. The smallest absolute Gasteiger partial charge is 0.321 e. The normalized spacial score (nSPS) is 19.6. The number of amides is 2. The number of carbonyl (C=O) groups is 1.